The standard InChI is InChI=1S/C17H27N3O2/c1-13-6-7-14(16(11-13)21-3)12-20-17(18-2)19-9-8-15-5-4-10-22-15/h6-7,11,15H,4-5,8-10,12H2,1-3H3,(H2,18,19,20). The van der Waals surface area contributed by atoms with Gasteiger partial charge in [0.1, 0.15) is 5.75 Å². The minimum atomic E-state index is 0.405. The Bertz CT molecular complexity index is 497. The van der Waals surface area contributed by atoms with E-state index in [0.29, 0.717) is 12.6 Å². The van der Waals surface area contributed by atoms with Gasteiger partial charge in [0.05, 0.1) is 13.2 Å². The van der Waals surface area contributed by atoms with E-state index in [9.17, 15) is 0 Å². The summed E-state index contributed by atoms with van der Waals surface area (Å²) in [5.41, 5.74) is 2.31. The van der Waals surface area contributed by atoms with Crippen LogP contribution in [0.3, 0.4) is 0 Å². The fourth-order valence-electron chi connectivity index (χ4n) is 2.62. The molecule has 5 nitrogen and oxygen atoms in total. The summed E-state index contributed by atoms with van der Waals surface area (Å²) in [6.07, 6.45) is 3.79. The first-order valence-electron chi connectivity index (χ1n) is 7.92. The van der Waals surface area contributed by atoms with E-state index in [-0.39, 0.29) is 0 Å². The summed E-state index contributed by atoms with van der Waals surface area (Å²) in [5, 5.41) is 6.66. The molecule has 1 fully saturated rings. The van der Waals surface area contributed by atoms with Gasteiger partial charge in [-0.05, 0) is 37.8 Å². The quantitative estimate of drug-likeness (QED) is 0.625. The number of nitrogens with zero attached hydrogens (tertiary/aromatic N) is 1. The van der Waals surface area contributed by atoms with Crippen LogP contribution in [0.1, 0.15) is 30.4 Å². The summed E-state index contributed by atoms with van der Waals surface area (Å²) in [5.74, 6) is 1.71. The van der Waals surface area contributed by atoms with Gasteiger partial charge in [-0.2, -0.15) is 0 Å². The van der Waals surface area contributed by atoms with E-state index in [0.717, 1.165) is 36.8 Å². The van der Waals surface area contributed by atoms with Crippen LogP contribution in [0, 0.1) is 6.92 Å². The molecule has 2 rings (SSSR count). The van der Waals surface area contributed by atoms with E-state index >= 15 is 0 Å². The Balaban J connectivity index is 1.78. The first-order chi connectivity index (χ1) is 10.7. The van der Waals surface area contributed by atoms with Gasteiger partial charge in [-0.15, -0.1) is 0 Å². The number of ether oxygens (including phenoxy) is 2. The number of nitrogens with one attached hydrogen (secondary N) is 2. The predicted octanol–water partition coefficient (Wildman–Crippen LogP) is 2.24. The van der Waals surface area contributed by atoms with E-state index in [4.69, 9.17) is 9.47 Å². The van der Waals surface area contributed by atoms with Crippen molar-refractivity contribution in [1.82, 2.24) is 10.6 Å². The lowest BCUT2D eigenvalue weighted by atomic mass is 10.1. The number of hydrogen-bond donors (Lipinski definition) is 2. The molecule has 122 valence electrons. The Morgan fingerprint density at radius 3 is 2.95 bits per heavy atom. The molecule has 1 atom stereocenters. The monoisotopic (exact) mass is 305 g/mol. The van der Waals surface area contributed by atoms with Crippen molar-refractivity contribution in [2.45, 2.75) is 38.8 Å². The largest absolute Gasteiger partial charge is 0.496 e. The lowest BCUT2D eigenvalue weighted by Gasteiger charge is -2.15. The predicted molar refractivity (Wildman–Crippen MR) is 89.5 cm³/mol. The molecule has 0 amide bonds. The first kappa shape index (κ1) is 16.6. The van der Waals surface area contributed by atoms with Crippen molar-refractivity contribution >= 4 is 5.96 Å². The maximum atomic E-state index is 5.62. The number of benzene rings is 1. The third kappa shape index (κ3) is 4.91. The lowest BCUT2D eigenvalue weighted by molar-refractivity contribution is 0.105. The van der Waals surface area contributed by atoms with Crippen molar-refractivity contribution in [2.75, 3.05) is 27.3 Å². The van der Waals surface area contributed by atoms with Crippen molar-refractivity contribution in [3.63, 3.8) is 0 Å². The second kappa shape index (κ2) is 8.63. The van der Waals surface area contributed by atoms with Gasteiger partial charge >= 0.3 is 0 Å². The van der Waals surface area contributed by atoms with Crippen molar-refractivity contribution in [2.24, 2.45) is 4.99 Å². The highest BCUT2D eigenvalue weighted by Gasteiger charge is 2.14. The highest BCUT2D eigenvalue weighted by Crippen LogP contribution is 2.19. The Labute approximate surface area is 133 Å². The maximum absolute atomic E-state index is 5.62. The third-order valence-electron chi connectivity index (χ3n) is 3.90. The van der Waals surface area contributed by atoms with E-state index in [1.165, 1.54) is 18.4 Å². The first-order valence-corrected chi connectivity index (χ1v) is 7.92. The third-order valence-corrected chi connectivity index (χ3v) is 3.90. The van der Waals surface area contributed by atoms with Crippen molar-refractivity contribution in [3.8, 4) is 5.75 Å². The highest BCUT2D eigenvalue weighted by molar-refractivity contribution is 5.79. The molecule has 0 spiro atoms. The zero-order valence-electron chi connectivity index (χ0n) is 13.8. The van der Waals surface area contributed by atoms with Crippen LogP contribution in [0.2, 0.25) is 0 Å². The van der Waals surface area contributed by atoms with Crippen LogP contribution in [0.4, 0.5) is 0 Å². The molecule has 0 saturated carbocycles. The SMILES string of the molecule is CN=C(NCCC1CCCO1)NCc1ccc(C)cc1OC. The molecule has 1 unspecified atom stereocenters. The zero-order valence-corrected chi connectivity index (χ0v) is 13.8. The normalized spacial score (nSPS) is 18.3. The average Bonchev–Trinajstić information content (AvgIpc) is 3.04. The van der Waals surface area contributed by atoms with Crippen LogP contribution < -0.4 is 15.4 Å². The molecule has 22 heavy (non-hydrogen) atoms. The van der Waals surface area contributed by atoms with Crippen molar-refractivity contribution in [3.05, 3.63) is 29.3 Å². The molecule has 0 aromatic heterocycles. The Kier molecular flexibility index (Phi) is 6.52. The number of guanidine groups is 1. The molecular weight excluding hydrogens is 278 g/mol. The second-order valence-electron chi connectivity index (χ2n) is 5.59. The van der Waals surface area contributed by atoms with Gasteiger partial charge in [-0.25, -0.2) is 0 Å². The molecular formula is C17H27N3O2. The van der Waals surface area contributed by atoms with Crippen molar-refractivity contribution < 1.29 is 9.47 Å². The Morgan fingerprint density at radius 2 is 2.27 bits per heavy atom. The smallest absolute Gasteiger partial charge is 0.191 e. The Hall–Kier alpha value is -1.75. The fraction of sp³-hybridized carbons (Fsp3) is 0.588. The van der Waals surface area contributed by atoms with Crippen LogP contribution in [0.15, 0.2) is 23.2 Å². The number of rotatable bonds is 6. The summed E-state index contributed by atoms with van der Waals surface area (Å²) >= 11 is 0. The van der Waals surface area contributed by atoms with Crippen LogP contribution in [-0.2, 0) is 11.3 Å². The van der Waals surface area contributed by atoms with Gasteiger partial charge in [0.25, 0.3) is 0 Å². The van der Waals surface area contributed by atoms with E-state index in [1.807, 2.05) is 6.07 Å². The molecule has 1 aromatic rings. The topological polar surface area (TPSA) is 54.9 Å². The zero-order chi connectivity index (χ0) is 15.8. The molecule has 1 aliphatic heterocycles. The number of hydrogen-bond acceptors (Lipinski definition) is 3. The second-order valence-corrected chi connectivity index (χ2v) is 5.59. The summed E-state index contributed by atoms with van der Waals surface area (Å²) in [4.78, 5) is 4.25. The number of aliphatic imine (C=N–C) groups is 1. The van der Waals surface area contributed by atoms with Gasteiger partial charge < -0.3 is 20.1 Å². The minimum absolute atomic E-state index is 0.405. The molecule has 5 heteroatoms. The lowest BCUT2D eigenvalue weighted by Crippen LogP contribution is -2.38. The summed E-state index contributed by atoms with van der Waals surface area (Å²) < 4.78 is 11.0. The van der Waals surface area contributed by atoms with Crippen molar-refractivity contribution in [1.29, 1.82) is 0 Å². The molecule has 1 aromatic carbocycles. The van der Waals surface area contributed by atoms with Gasteiger partial charge in [-0.1, -0.05) is 12.1 Å². The van der Waals surface area contributed by atoms with Gasteiger partial charge in [0, 0.05) is 32.3 Å². The van der Waals surface area contributed by atoms with Crippen LogP contribution >= 0.6 is 0 Å². The Morgan fingerprint density at radius 1 is 1.41 bits per heavy atom. The van der Waals surface area contributed by atoms with E-state index in [2.05, 4.69) is 34.7 Å². The average molecular weight is 305 g/mol. The summed E-state index contributed by atoms with van der Waals surface area (Å²) in [6.45, 7) is 4.52. The summed E-state index contributed by atoms with van der Waals surface area (Å²) in [6, 6.07) is 6.22. The summed E-state index contributed by atoms with van der Waals surface area (Å²) in [7, 11) is 3.49. The van der Waals surface area contributed by atoms with Gasteiger partial charge in [0.2, 0.25) is 0 Å². The number of methoxy groups -OCH3 is 1. The molecule has 2 N–H and O–H groups in total. The molecule has 0 radical (unpaired) electrons. The molecule has 0 bridgehead atoms. The van der Waals surface area contributed by atoms with E-state index in [1.54, 1.807) is 14.2 Å². The molecule has 0 aliphatic carbocycles. The fourth-order valence-corrected chi connectivity index (χ4v) is 2.62. The van der Waals surface area contributed by atoms with Gasteiger partial charge in [0.15, 0.2) is 5.96 Å². The van der Waals surface area contributed by atoms with Crippen LogP contribution in [0.25, 0.3) is 0 Å². The molecule has 1 heterocycles. The minimum Gasteiger partial charge on any atom is -0.496 e. The highest BCUT2D eigenvalue weighted by atomic mass is 16.5. The van der Waals surface area contributed by atoms with Gasteiger partial charge in [-0.3, -0.25) is 4.99 Å². The number of aryl methyl sites for hydroxylation is 1. The van der Waals surface area contributed by atoms with Crippen LogP contribution in [-0.4, -0.2) is 39.4 Å². The van der Waals surface area contributed by atoms with Crippen LogP contribution in [0.5, 0.6) is 5.75 Å². The maximum Gasteiger partial charge on any atom is 0.191 e. The molecule has 1 saturated heterocycles. The van der Waals surface area contributed by atoms with E-state index < -0.39 is 0 Å². The molecule has 1 aliphatic rings.